The molecule has 0 aliphatic carbocycles. The first kappa shape index (κ1) is 10.5. The minimum absolute atomic E-state index is 0.247. The van der Waals surface area contributed by atoms with Gasteiger partial charge >= 0.3 is 0 Å². The van der Waals surface area contributed by atoms with E-state index in [2.05, 4.69) is 10.2 Å². The van der Waals surface area contributed by atoms with Crippen LogP contribution in [0, 0.1) is 0 Å². The minimum atomic E-state index is 0.247. The Morgan fingerprint density at radius 1 is 1.23 bits per heavy atom. The van der Waals surface area contributed by atoms with Crippen LogP contribution in [-0.2, 0) is 0 Å². The molecule has 0 fully saturated rings. The third-order valence-corrected chi connectivity index (χ3v) is 2.23. The first-order valence-corrected chi connectivity index (χ1v) is 4.62. The van der Waals surface area contributed by atoms with Crippen molar-refractivity contribution >= 4 is 11.6 Å². The van der Waals surface area contributed by atoms with Crippen LogP contribution in [-0.4, -0.2) is 26.0 Å². The Labute approximate surface area is 84.5 Å². The van der Waals surface area contributed by atoms with Gasteiger partial charge in [0.25, 0.3) is 0 Å². The predicted molar refractivity (Wildman–Crippen MR) is 56.9 cm³/mol. The van der Waals surface area contributed by atoms with E-state index in [-0.39, 0.29) is 6.17 Å². The summed E-state index contributed by atoms with van der Waals surface area (Å²) in [7, 11) is 6.02. The van der Waals surface area contributed by atoms with Crippen molar-refractivity contribution < 1.29 is 0 Å². The Bertz CT molecular complexity index is 256. The summed E-state index contributed by atoms with van der Waals surface area (Å²) in [5.74, 6) is 0. The standard InChI is InChI=1S/C10H15ClN2/c1-12-10(13(2)3)8-4-6-9(11)7-5-8/h4-7,10,12H,1-3H3. The SMILES string of the molecule is CNC(c1ccc(Cl)cc1)N(C)C. The van der Waals surface area contributed by atoms with Crippen LogP contribution < -0.4 is 5.32 Å². The maximum atomic E-state index is 5.81. The van der Waals surface area contributed by atoms with Gasteiger partial charge in [0.05, 0.1) is 6.17 Å². The van der Waals surface area contributed by atoms with Crippen molar-refractivity contribution in [3.63, 3.8) is 0 Å². The van der Waals surface area contributed by atoms with Gasteiger partial charge in [0.15, 0.2) is 0 Å². The normalized spacial score (nSPS) is 13.3. The summed E-state index contributed by atoms with van der Waals surface area (Å²) in [4.78, 5) is 2.11. The van der Waals surface area contributed by atoms with Crippen molar-refractivity contribution in [3.8, 4) is 0 Å². The Kier molecular flexibility index (Phi) is 3.72. The molecule has 1 unspecified atom stereocenters. The van der Waals surface area contributed by atoms with Crippen molar-refractivity contribution in [1.29, 1.82) is 0 Å². The topological polar surface area (TPSA) is 15.3 Å². The van der Waals surface area contributed by atoms with Gasteiger partial charge in [-0.15, -0.1) is 0 Å². The summed E-state index contributed by atoms with van der Waals surface area (Å²) in [6, 6.07) is 7.88. The first-order valence-electron chi connectivity index (χ1n) is 4.24. The molecule has 72 valence electrons. The van der Waals surface area contributed by atoms with Crippen LogP contribution in [0.5, 0.6) is 0 Å². The zero-order chi connectivity index (χ0) is 9.84. The van der Waals surface area contributed by atoms with Gasteiger partial charge in [0.2, 0.25) is 0 Å². The summed E-state index contributed by atoms with van der Waals surface area (Å²) in [6.45, 7) is 0. The molecule has 1 rings (SSSR count). The number of hydrogen-bond acceptors (Lipinski definition) is 2. The smallest absolute Gasteiger partial charge is 0.0853 e. The number of nitrogens with one attached hydrogen (secondary N) is 1. The van der Waals surface area contributed by atoms with Gasteiger partial charge in [0, 0.05) is 5.02 Å². The number of rotatable bonds is 3. The molecule has 1 atom stereocenters. The highest BCUT2D eigenvalue weighted by Crippen LogP contribution is 2.17. The van der Waals surface area contributed by atoms with Crippen LogP contribution in [0.2, 0.25) is 5.02 Å². The molecule has 0 saturated carbocycles. The second-order valence-corrected chi connectivity index (χ2v) is 3.64. The second-order valence-electron chi connectivity index (χ2n) is 3.21. The number of halogens is 1. The van der Waals surface area contributed by atoms with Gasteiger partial charge in [-0.3, -0.25) is 4.90 Å². The van der Waals surface area contributed by atoms with Crippen molar-refractivity contribution in [2.75, 3.05) is 21.1 Å². The molecule has 1 aromatic rings. The van der Waals surface area contributed by atoms with Crippen LogP contribution in [0.1, 0.15) is 11.7 Å². The lowest BCUT2D eigenvalue weighted by molar-refractivity contribution is 0.264. The molecular formula is C10H15ClN2. The average molecular weight is 199 g/mol. The summed E-state index contributed by atoms with van der Waals surface area (Å²) in [5, 5.41) is 4.00. The Hall–Kier alpha value is -0.570. The molecule has 2 nitrogen and oxygen atoms in total. The van der Waals surface area contributed by atoms with Crippen molar-refractivity contribution in [2.45, 2.75) is 6.17 Å². The number of nitrogens with zero attached hydrogens (tertiary/aromatic N) is 1. The molecule has 0 radical (unpaired) electrons. The molecule has 3 heteroatoms. The molecule has 0 spiro atoms. The lowest BCUT2D eigenvalue weighted by Gasteiger charge is -2.23. The van der Waals surface area contributed by atoms with E-state index in [0.29, 0.717) is 0 Å². The Morgan fingerprint density at radius 2 is 1.77 bits per heavy atom. The van der Waals surface area contributed by atoms with E-state index in [9.17, 15) is 0 Å². The minimum Gasteiger partial charge on any atom is -0.301 e. The molecular weight excluding hydrogens is 184 g/mol. The molecule has 0 saturated heterocycles. The number of hydrogen-bond donors (Lipinski definition) is 1. The van der Waals surface area contributed by atoms with Crippen molar-refractivity contribution in [3.05, 3.63) is 34.9 Å². The highest BCUT2D eigenvalue weighted by molar-refractivity contribution is 6.30. The quantitative estimate of drug-likeness (QED) is 0.749. The van der Waals surface area contributed by atoms with Crippen LogP contribution in [0.15, 0.2) is 24.3 Å². The first-order chi connectivity index (χ1) is 6.15. The molecule has 1 aromatic carbocycles. The summed E-state index contributed by atoms with van der Waals surface area (Å²) in [5.41, 5.74) is 1.22. The molecule has 0 aliphatic heterocycles. The largest absolute Gasteiger partial charge is 0.301 e. The molecule has 0 aromatic heterocycles. The summed E-state index contributed by atoms with van der Waals surface area (Å²) >= 11 is 5.81. The van der Waals surface area contributed by atoms with Crippen LogP contribution >= 0.6 is 11.6 Å². The average Bonchev–Trinajstić information content (AvgIpc) is 2.09. The summed E-state index contributed by atoms with van der Waals surface area (Å²) in [6.07, 6.45) is 0.247. The fraction of sp³-hybridized carbons (Fsp3) is 0.400. The summed E-state index contributed by atoms with van der Waals surface area (Å²) < 4.78 is 0. The highest BCUT2D eigenvalue weighted by Gasteiger charge is 2.09. The second kappa shape index (κ2) is 4.61. The third-order valence-electron chi connectivity index (χ3n) is 1.98. The zero-order valence-electron chi connectivity index (χ0n) is 8.21. The molecule has 13 heavy (non-hydrogen) atoms. The lowest BCUT2D eigenvalue weighted by atomic mass is 10.1. The van der Waals surface area contributed by atoms with Gasteiger partial charge in [-0.25, -0.2) is 0 Å². The maximum Gasteiger partial charge on any atom is 0.0853 e. The Morgan fingerprint density at radius 3 is 2.15 bits per heavy atom. The van der Waals surface area contributed by atoms with E-state index < -0.39 is 0 Å². The monoisotopic (exact) mass is 198 g/mol. The van der Waals surface area contributed by atoms with Gasteiger partial charge < -0.3 is 5.32 Å². The molecule has 1 N–H and O–H groups in total. The van der Waals surface area contributed by atoms with E-state index in [1.54, 1.807) is 0 Å². The van der Waals surface area contributed by atoms with Crippen LogP contribution in [0.4, 0.5) is 0 Å². The van der Waals surface area contributed by atoms with Crippen molar-refractivity contribution in [2.24, 2.45) is 0 Å². The van der Waals surface area contributed by atoms with Crippen LogP contribution in [0.25, 0.3) is 0 Å². The predicted octanol–water partition coefficient (Wildman–Crippen LogP) is 2.12. The fourth-order valence-electron chi connectivity index (χ4n) is 1.37. The van der Waals surface area contributed by atoms with Crippen molar-refractivity contribution in [1.82, 2.24) is 10.2 Å². The molecule has 0 aliphatic rings. The van der Waals surface area contributed by atoms with E-state index in [1.165, 1.54) is 5.56 Å². The zero-order valence-corrected chi connectivity index (χ0v) is 8.97. The van der Waals surface area contributed by atoms with Gasteiger partial charge in [-0.1, -0.05) is 23.7 Å². The van der Waals surface area contributed by atoms with Crippen LogP contribution in [0.3, 0.4) is 0 Å². The van der Waals surface area contributed by atoms with E-state index in [0.717, 1.165) is 5.02 Å². The van der Waals surface area contributed by atoms with Gasteiger partial charge in [0.1, 0.15) is 0 Å². The molecule has 0 bridgehead atoms. The maximum absolute atomic E-state index is 5.81. The third kappa shape index (κ3) is 2.69. The molecule has 0 heterocycles. The van der Waals surface area contributed by atoms with Gasteiger partial charge in [-0.05, 0) is 38.8 Å². The van der Waals surface area contributed by atoms with E-state index in [1.807, 2.05) is 45.4 Å². The highest BCUT2D eigenvalue weighted by atomic mass is 35.5. The Balaban J connectivity index is 2.86. The van der Waals surface area contributed by atoms with E-state index in [4.69, 9.17) is 11.6 Å². The van der Waals surface area contributed by atoms with Gasteiger partial charge in [-0.2, -0.15) is 0 Å². The number of benzene rings is 1. The molecule has 0 amide bonds. The lowest BCUT2D eigenvalue weighted by Crippen LogP contribution is -2.30. The fourth-order valence-corrected chi connectivity index (χ4v) is 1.49. The van der Waals surface area contributed by atoms with E-state index >= 15 is 0 Å².